The zero-order chi connectivity index (χ0) is 21.4. The van der Waals surface area contributed by atoms with Crippen LogP contribution in [0.15, 0.2) is 6.20 Å². The van der Waals surface area contributed by atoms with E-state index in [0.29, 0.717) is 19.4 Å². The highest BCUT2D eigenvalue weighted by Gasteiger charge is 2.31. The van der Waals surface area contributed by atoms with Gasteiger partial charge in [0.15, 0.2) is 0 Å². The predicted octanol–water partition coefficient (Wildman–Crippen LogP) is 0.721. The lowest BCUT2D eigenvalue weighted by atomic mass is 10.1. The van der Waals surface area contributed by atoms with Gasteiger partial charge in [-0.1, -0.05) is 0 Å². The molecule has 9 nitrogen and oxygen atoms in total. The predicted molar refractivity (Wildman–Crippen MR) is 107 cm³/mol. The van der Waals surface area contributed by atoms with Crippen molar-refractivity contribution in [2.75, 3.05) is 33.3 Å². The van der Waals surface area contributed by atoms with Crippen molar-refractivity contribution in [2.24, 2.45) is 0 Å². The first kappa shape index (κ1) is 22.6. The summed E-state index contributed by atoms with van der Waals surface area (Å²) in [5.74, 6) is 0.942. The summed E-state index contributed by atoms with van der Waals surface area (Å²) in [6, 6.07) is -0.334. The van der Waals surface area contributed by atoms with Gasteiger partial charge in [-0.3, -0.25) is 24.3 Å². The van der Waals surface area contributed by atoms with Crippen molar-refractivity contribution >= 4 is 18.3 Å². The van der Waals surface area contributed by atoms with Crippen LogP contribution in [0.4, 0.5) is 0 Å². The third kappa shape index (κ3) is 5.90. The van der Waals surface area contributed by atoms with Crippen molar-refractivity contribution in [3.05, 3.63) is 23.0 Å². The van der Waals surface area contributed by atoms with Crippen LogP contribution in [0.25, 0.3) is 0 Å². The van der Waals surface area contributed by atoms with E-state index in [1.807, 2.05) is 24.9 Å². The number of pyridine rings is 1. The van der Waals surface area contributed by atoms with Crippen LogP contribution in [0.5, 0.6) is 5.75 Å². The summed E-state index contributed by atoms with van der Waals surface area (Å²) in [6.07, 6.45) is 3.85. The Labute approximate surface area is 171 Å². The molecule has 2 saturated heterocycles. The average Bonchev–Trinajstić information content (AvgIpc) is 2.99. The Hall–Kier alpha value is -2.68. The first-order chi connectivity index (χ1) is 13.9. The Balaban J connectivity index is 0.000000941. The van der Waals surface area contributed by atoms with E-state index in [9.17, 15) is 9.59 Å². The van der Waals surface area contributed by atoms with Gasteiger partial charge in [-0.25, -0.2) is 0 Å². The zero-order valence-corrected chi connectivity index (χ0v) is 17.3. The van der Waals surface area contributed by atoms with E-state index in [1.54, 1.807) is 7.11 Å². The molecule has 0 aromatic carbocycles. The lowest BCUT2D eigenvalue weighted by Gasteiger charge is -2.24. The van der Waals surface area contributed by atoms with Crippen molar-refractivity contribution in [3.8, 4) is 5.75 Å². The van der Waals surface area contributed by atoms with Gasteiger partial charge in [0, 0.05) is 56.5 Å². The Morgan fingerprint density at radius 1 is 1.34 bits per heavy atom. The molecule has 2 amide bonds. The molecule has 160 valence electrons. The number of aromatic nitrogens is 1. The minimum atomic E-state index is -0.334. The molecule has 29 heavy (non-hydrogen) atoms. The molecule has 2 fully saturated rings. The number of nitrogens with zero attached hydrogens (tertiary/aromatic N) is 3. The van der Waals surface area contributed by atoms with E-state index in [0.717, 1.165) is 55.2 Å². The Morgan fingerprint density at radius 2 is 2.07 bits per heavy atom. The molecular weight excluding hydrogens is 376 g/mol. The Morgan fingerprint density at radius 3 is 2.69 bits per heavy atom. The quantitative estimate of drug-likeness (QED) is 0.709. The average molecular weight is 406 g/mol. The van der Waals surface area contributed by atoms with Gasteiger partial charge in [-0.05, 0) is 26.7 Å². The third-order valence-electron chi connectivity index (χ3n) is 5.32. The minimum absolute atomic E-state index is 0.0188. The molecule has 1 aromatic heterocycles. The van der Waals surface area contributed by atoms with E-state index in [-0.39, 0.29) is 24.3 Å². The van der Waals surface area contributed by atoms with Crippen molar-refractivity contribution < 1.29 is 24.2 Å². The number of carbonyl (C=O) groups is 3. The number of carboxylic acid groups (broad SMARTS) is 1. The maximum atomic E-state index is 12.6. The van der Waals surface area contributed by atoms with Gasteiger partial charge in [-0.2, -0.15) is 0 Å². The standard InChI is InChI=1S/C19H28N4O3.CH2O2/c1-13-11-20-16(14(2)18(13)26-3)12-22-7-4-8-23(10-9-22)19(25)15-5-6-17(24)21-15;2-1-3/h11,15H,4-10,12H2,1-3H3,(H,21,24);1H,(H,2,3). The fraction of sp³-hybridized carbons (Fsp3) is 0.600. The molecule has 3 heterocycles. The maximum absolute atomic E-state index is 12.6. The SMILES string of the molecule is COc1c(C)cnc(CN2CCCN(C(=O)C3CCC(=O)N3)CC2)c1C.O=CO. The molecular formula is C20H30N4O5. The summed E-state index contributed by atoms with van der Waals surface area (Å²) in [5.41, 5.74) is 3.15. The summed E-state index contributed by atoms with van der Waals surface area (Å²) in [5, 5.41) is 9.67. The van der Waals surface area contributed by atoms with Crippen molar-refractivity contribution in [2.45, 2.75) is 45.7 Å². The van der Waals surface area contributed by atoms with E-state index in [4.69, 9.17) is 14.6 Å². The molecule has 0 spiro atoms. The van der Waals surface area contributed by atoms with Crippen LogP contribution >= 0.6 is 0 Å². The Bertz CT molecular complexity index is 740. The van der Waals surface area contributed by atoms with Crippen LogP contribution in [0.2, 0.25) is 0 Å². The number of carbonyl (C=O) groups excluding carboxylic acids is 2. The smallest absolute Gasteiger partial charge is 0.290 e. The first-order valence-corrected chi connectivity index (χ1v) is 9.78. The topological polar surface area (TPSA) is 112 Å². The van der Waals surface area contributed by atoms with Crippen LogP contribution in [0, 0.1) is 13.8 Å². The number of rotatable bonds is 4. The molecule has 0 bridgehead atoms. The monoisotopic (exact) mass is 406 g/mol. The number of methoxy groups -OCH3 is 1. The van der Waals surface area contributed by atoms with Gasteiger partial charge in [0.05, 0.1) is 12.8 Å². The maximum Gasteiger partial charge on any atom is 0.290 e. The molecule has 0 saturated carbocycles. The molecule has 0 aliphatic carbocycles. The number of hydrogen-bond acceptors (Lipinski definition) is 6. The van der Waals surface area contributed by atoms with Crippen molar-refractivity contribution in [1.29, 1.82) is 0 Å². The highest BCUT2D eigenvalue weighted by atomic mass is 16.5. The summed E-state index contributed by atoms with van der Waals surface area (Å²) in [4.78, 5) is 41.1. The van der Waals surface area contributed by atoms with Crippen LogP contribution < -0.4 is 10.1 Å². The molecule has 0 radical (unpaired) electrons. The van der Waals surface area contributed by atoms with Gasteiger partial charge in [0.2, 0.25) is 11.8 Å². The van der Waals surface area contributed by atoms with Gasteiger partial charge < -0.3 is 20.1 Å². The fourth-order valence-corrected chi connectivity index (χ4v) is 3.81. The lowest BCUT2D eigenvalue weighted by molar-refractivity contribution is -0.134. The molecule has 3 rings (SSSR count). The van der Waals surface area contributed by atoms with Crippen LogP contribution in [0.1, 0.15) is 36.1 Å². The molecule has 1 unspecified atom stereocenters. The van der Waals surface area contributed by atoms with Gasteiger partial charge in [0.1, 0.15) is 11.8 Å². The second kappa shape index (κ2) is 10.8. The van der Waals surface area contributed by atoms with Crippen LogP contribution in [-0.2, 0) is 20.9 Å². The second-order valence-corrected chi connectivity index (χ2v) is 7.27. The molecule has 9 heteroatoms. The second-order valence-electron chi connectivity index (χ2n) is 7.27. The minimum Gasteiger partial charge on any atom is -0.496 e. The Kier molecular flexibility index (Phi) is 8.38. The van der Waals surface area contributed by atoms with Crippen molar-refractivity contribution in [1.82, 2.24) is 20.1 Å². The van der Waals surface area contributed by atoms with E-state index < -0.39 is 0 Å². The highest BCUT2D eigenvalue weighted by molar-refractivity contribution is 5.90. The number of ether oxygens (including phenoxy) is 1. The number of hydrogen-bond donors (Lipinski definition) is 2. The van der Waals surface area contributed by atoms with Crippen LogP contribution in [-0.4, -0.2) is 77.5 Å². The zero-order valence-electron chi connectivity index (χ0n) is 17.3. The van der Waals surface area contributed by atoms with Gasteiger partial charge >= 0.3 is 0 Å². The summed E-state index contributed by atoms with van der Waals surface area (Å²) >= 11 is 0. The molecule has 1 atom stereocenters. The number of aryl methyl sites for hydroxylation is 1. The first-order valence-electron chi connectivity index (χ1n) is 9.78. The molecule has 1 aromatic rings. The molecule has 2 aliphatic heterocycles. The van der Waals surface area contributed by atoms with Gasteiger partial charge in [-0.15, -0.1) is 0 Å². The number of amides is 2. The van der Waals surface area contributed by atoms with E-state index in [2.05, 4.69) is 15.2 Å². The third-order valence-corrected chi connectivity index (χ3v) is 5.32. The van der Waals surface area contributed by atoms with E-state index in [1.165, 1.54) is 0 Å². The molecule has 2 aliphatic rings. The van der Waals surface area contributed by atoms with Gasteiger partial charge in [0.25, 0.3) is 6.47 Å². The normalized spacial score (nSPS) is 19.6. The summed E-state index contributed by atoms with van der Waals surface area (Å²) in [7, 11) is 1.69. The number of nitrogens with one attached hydrogen (secondary N) is 1. The summed E-state index contributed by atoms with van der Waals surface area (Å²) in [6.45, 7) is 7.72. The van der Waals surface area contributed by atoms with E-state index >= 15 is 0 Å². The molecule has 2 N–H and O–H groups in total. The lowest BCUT2D eigenvalue weighted by Crippen LogP contribution is -2.45. The highest BCUT2D eigenvalue weighted by Crippen LogP contribution is 2.25. The van der Waals surface area contributed by atoms with Crippen LogP contribution in [0.3, 0.4) is 0 Å². The summed E-state index contributed by atoms with van der Waals surface area (Å²) < 4.78 is 5.50. The van der Waals surface area contributed by atoms with Crippen molar-refractivity contribution in [3.63, 3.8) is 0 Å². The largest absolute Gasteiger partial charge is 0.496 e. The fourth-order valence-electron chi connectivity index (χ4n) is 3.81.